The van der Waals surface area contributed by atoms with Crippen molar-refractivity contribution in [2.45, 2.75) is 54.4 Å². The van der Waals surface area contributed by atoms with Gasteiger partial charge in [-0.1, -0.05) is 54.2 Å². The SMILES string of the molecule is C=CN=C(CCC)C(=C)C.CC.CC. The number of hydrogen-bond acceptors (Lipinski definition) is 1. The van der Waals surface area contributed by atoms with Crippen molar-refractivity contribution in [3.63, 3.8) is 0 Å². The van der Waals surface area contributed by atoms with Crippen molar-refractivity contribution in [2.24, 2.45) is 4.99 Å². The van der Waals surface area contributed by atoms with E-state index in [1.165, 1.54) is 0 Å². The summed E-state index contributed by atoms with van der Waals surface area (Å²) < 4.78 is 0. The van der Waals surface area contributed by atoms with E-state index in [0.717, 1.165) is 24.1 Å². The van der Waals surface area contributed by atoms with E-state index in [0.29, 0.717) is 0 Å². The summed E-state index contributed by atoms with van der Waals surface area (Å²) in [7, 11) is 0. The van der Waals surface area contributed by atoms with Gasteiger partial charge in [0.25, 0.3) is 0 Å². The zero-order valence-electron chi connectivity index (χ0n) is 10.9. The summed E-state index contributed by atoms with van der Waals surface area (Å²) in [4.78, 5) is 4.09. The summed E-state index contributed by atoms with van der Waals surface area (Å²) in [6.45, 7) is 19.4. The fraction of sp³-hybridized carbons (Fsp3) is 0.615. The van der Waals surface area contributed by atoms with Gasteiger partial charge in [0.2, 0.25) is 0 Å². The van der Waals surface area contributed by atoms with Gasteiger partial charge < -0.3 is 0 Å². The van der Waals surface area contributed by atoms with Gasteiger partial charge in [-0.3, -0.25) is 4.99 Å². The zero-order chi connectivity index (χ0) is 12.0. The van der Waals surface area contributed by atoms with Gasteiger partial charge in [0.15, 0.2) is 0 Å². The normalized spacial score (nSPS) is 8.86. The van der Waals surface area contributed by atoms with E-state index < -0.39 is 0 Å². The molecule has 0 bridgehead atoms. The number of rotatable bonds is 4. The molecule has 0 aromatic rings. The highest BCUT2D eigenvalue weighted by atomic mass is 14.7. The molecule has 0 N–H and O–H groups in total. The van der Waals surface area contributed by atoms with Crippen LogP contribution in [0.4, 0.5) is 0 Å². The molecule has 0 aliphatic heterocycles. The zero-order valence-corrected chi connectivity index (χ0v) is 10.9. The quantitative estimate of drug-likeness (QED) is 0.562. The first-order valence-electron chi connectivity index (χ1n) is 5.55. The van der Waals surface area contributed by atoms with Crippen LogP contribution in [-0.4, -0.2) is 5.71 Å². The lowest BCUT2D eigenvalue weighted by atomic mass is 10.1. The molecule has 0 aromatic carbocycles. The van der Waals surface area contributed by atoms with Crippen LogP contribution in [0.1, 0.15) is 54.4 Å². The van der Waals surface area contributed by atoms with Crippen LogP contribution in [0.25, 0.3) is 0 Å². The maximum Gasteiger partial charge on any atom is 0.0426 e. The molecule has 0 radical (unpaired) electrons. The van der Waals surface area contributed by atoms with Crippen molar-refractivity contribution in [3.8, 4) is 0 Å². The number of nitrogens with zero attached hydrogens (tertiary/aromatic N) is 1. The topological polar surface area (TPSA) is 12.4 Å². The van der Waals surface area contributed by atoms with E-state index in [1.807, 2.05) is 34.6 Å². The van der Waals surface area contributed by atoms with Gasteiger partial charge >= 0.3 is 0 Å². The summed E-state index contributed by atoms with van der Waals surface area (Å²) >= 11 is 0. The van der Waals surface area contributed by atoms with Gasteiger partial charge in [0.05, 0.1) is 0 Å². The first kappa shape index (κ1) is 18.8. The molecule has 0 aliphatic carbocycles. The third-order valence-corrected chi connectivity index (χ3v) is 1.23. The van der Waals surface area contributed by atoms with Crippen LogP contribution in [0.2, 0.25) is 0 Å². The molecule has 0 spiro atoms. The molecule has 0 unspecified atom stereocenters. The lowest BCUT2D eigenvalue weighted by Crippen LogP contribution is -1.96. The average Bonchev–Trinajstić information content (AvgIpc) is 2.23. The summed E-state index contributed by atoms with van der Waals surface area (Å²) in [5, 5.41) is 0. The molecule has 84 valence electrons. The van der Waals surface area contributed by atoms with Gasteiger partial charge in [-0.25, -0.2) is 0 Å². The highest BCUT2D eigenvalue weighted by molar-refractivity contribution is 5.99. The van der Waals surface area contributed by atoms with Crippen LogP contribution < -0.4 is 0 Å². The molecule has 0 fully saturated rings. The molecular formula is C13H27N. The lowest BCUT2D eigenvalue weighted by Gasteiger charge is -2.00. The highest BCUT2D eigenvalue weighted by Crippen LogP contribution is 2.01. The molecule has 0 saturated heterocycles. The molecule has 0 saturated carbocycles. The molecule has 0 atom stereocenters. The van der Waals surface area contributed by atoms with E-state index >= 15 is 0 Å². The monoisotopic (exact) mass is 197 g/mol. The predicted octanol–water partition coefficient (Wildman–Crippen LogP) is 5.00. The minimum absolute atomic E-state index is 1.00. The fourth-order valence-electron chi connectivity index (χ4n) is 0.735. The maximum absolute atomic E-state index is 4.09. The summed E-state index contributed by atoms with van der Waals surface area (Å²) in [6.07, 6.45) is 3.68. The second-order valence-corrected chi connectivity index (χ2v) is 2.29. The molecule has 0 amide bonds. The maximum atomic E-state index is 4.09. The third-order valence-electron chi connectivity index (χ3n) is 1.23. The van der Waals surface area contributed by atoms with Crippen molar-refractivity contribution in [1.82, 2.24) is 0 Å². The fourth-order valence-corrected chi connectivity index (χ4v) is 0.735. The Morgan fingerprint density at radius 3 is 1.86 bits per heavy atom. The molecular weight excluding hydrogens is 170 g/mol. The van der Waals surface area contributed by atoms with Gasteiger partial charge in [-0.2, -0.15) is 0 Å². The van der Waals surface area contributed by atoms with Gasteiger partial charge in [0, 0.05) is 11.9 Å². The lowest BCUT2D eigenvalue weighted by molar-refractivity contribution is 0.990. The standard InChI is InChI=1S/C9H15N.2C2H6/c1-5-7-9(8(3)4)10-6-2;2*1-2/h6H,2-3,5,7H2,1,4H3;2*1-2H3. The summed E-state index contributed by atoms with van der Waals surface area (Å²) in [5.74, 6) is 0. The first-order chi connectivity index (χ1) is 6.72. The van der Waals surface area contributed by atoms with Gasteiger partial charge in [-0.15, -0.1) is 0 Å². The molecule has 0 aliphatic rings. The Morgan fingerprint density at radius 1 is 1.21 bits per heavy atom. The van der Waals surface area contributed by atoms with Crippen molar-refractivity contribution in [2.75, 3.05) is 0 Å². The Hall–Kier alpha value is -0.850. The Balaban J connectivity index is -0.000000266. The van der Waals surface area contributed by atoms with E-state index in [9.17, 15) is 0 Å². The molecule has 0 aromatic heterocycles. The largest absolute Gasteiger partial charge is 0.262 e. The minimum atomic E-state index is 1.00. The number of hydrogen-bond donors (Lipinski definition) is 0. The van der Waals surface area contributed by atoms with E-state index in [1.54, 1.807) is 6.20 Å². The van der Waals surface area contributed by atoms with Crippen molar-refractivity contribution in [3.05, 3.63) is 24.9 Å². The first-order valence-corrected chi connectivity index (χ1v) is 5.55. The molecule has 14 heavy (non-hydrogen) atoms. The van der Waals surface area contributed by atoms with Crippen LogP contribution in [0, 0.1) is 0 Å². The predicted molar refractivity (Wildman–Crippen MR) is 70.1 cm³/mol. The van der Waals surface area contributed by atoms with Crippen LogP contribution in [-0.2, 0) is 0 Å². The molecule has 1 heteroatoms. The third kappa shape index (κ3) is 13.7. The second-order valence-electron chi connectivity index (χ2n) is 2.29. The summed E-state index contributed by atoms with van der Waals surface area (Å²) in [5.41, 5.74) is 2.11. The Bertz CT molecular complexity index is 155. The van der Waals surface area contributed by atoms with Crippen molar-refractivity contribution < 1.29 is 0 Å². The Kier molecular flexibility index (Phi) is 24.3. The Labute approximate surface area is 90.6 Å². The molecule has 1 nitrogen and oxygen atoms in total. The van der Waals surface area contributed by atoms with E-state index in [4.69, 9.17) is 0 Å². The van der Waals surface area contributed by atoms with Crippen LogP contribution in [0.5, 0.6) is 0 Å². The molecule has 0 rings (SSSR count). The number of aliphatic imine (C=N–C) groups is 1. The van der Waals surface area contributed by atoms with E-state index in [2.05, 4.69) is 25.1 Å². The average molecular weight is 197 g/mol. The van der Waals surface area contributed by atoms with Crippen molar-refractivity contribution >= 4 is 5.71 Å². The van der Waals surface area contributed by atoms with Gasteiger partial charge in [-0.05, 0) is 18.9 Å². The second kappa shape index (κ2) is 18.0. The van der Waals surface area contributed by atoms with Crippen LogP contribution >= 0.6 is 0 Å². The molecule has 0 heterocycles. The highest BCUT2D eigenvalue weighted by Gasteiger charge is 1.95. The minimum Gasteiger partial charge on any atom is -0.262 e. The smallest absolute Gasteiger partial charge is 0.0426 e. The number of allylic oxidation sites excluding steroid dienone is 1. The van der Waals surface area contributed by atoms with Gasteiger partial charge in [0.1, 0.15) is 0 Å². The summed E-state index contributed by atoms with van der Waals surface area (Å²) in [6, 6.07) is 0. The van der Waals surface area contributed by atoms with Crippen LogP contribution in [0.15, 0.2) is 29.9 Å². The Morgan fingerprint density at radius 2 is 1.64 bits per heavy atom. The van der Waals surface area contributed by atoms with E-state index in [-0.39, 0.29) is 0 Å². The van der Waals surface area contributed by atoms with Crippen molar-refractivity contribution in [1.29, 1.82) is 0 Å². The van der Waals surface area contributed by atoms with Crippen LogP contribution in [0.3, 0.4) is 0 Å².